The zero-order chi connectivity index (χ0) is 27.0. The number of amides is 3. The molecule has 3 aromatic rings. The quantitative estimate of drug-likeness (QED) is 0.468. The lowest BCUT2D eigenvalue weighted by atomic mass is 10.1. The number of nitrogens with zero attached hydrogens (tertiary/aromatic N) is 5. The van der Waals surface area contributed by atoms with E-state index in [1.54, 1.807) is 12.1 Å². The monoisotopic (exact) mass is 526 g/mol. The van der Waals surface area contributed by atoms with E-state index in [1.165, 1.54) is 34.8 Å². The maximum absolute atomic E-state index is 14.7. The van der Waals surface area contributed by atoms with Gasteiger partial charge in [-0.3, -0.25) is 14.5 Å². The summed E-state index contributed by atoms with van der Waals surface area (Å²) < 4.78 is 26.6. The molecule has 0 spiro atoms. The number of anilines is 2. The Kier molecular flexibility index (Phi) is 6.53. The van der Waals surface area contributed by atoms with Crippen LogP contribution in [0.25, 0.3) is 10.9 Å². The van der Waals surface area contributed by atoms with Crippen LogP contribution in [0.2, 0.25) is 0 Å². The zero-order valence-corrected chi connectivity index (χ0v) is 20.2. The number of aromatic nitrogens is 3. The van der Waals surface area contributed by atoms with E-state index < -0.39 is 30.0 Å². The van der Waals surface area contributed by atoms with Gasteiger partial charge in [-0.2, -0.15) is 0 Å². The summed E-state index contributed by atoms with van der Waals surface area (Å²) in [6.45, 7) is -0.101. The number of rotatable bonds is 7. The molecule has 1 fully saturated rings. The van der Waals surface area contributed by atoms with Crippen LogP contribution < -0.4 is 20.5 Å². The van der Waals surface area contributed by atoms with E-state index in [0.29, 0.717) is 10.9 Å². The number of hydrogen-bond donors (Lipinski definition) is 2. The molecule has 0 unspecified atom stereocenters. The van der Waals surface area contributed by atoms with Gasteiger partial charge in [0.05, 0.1) is 18.3 Å². The number of fused-ring (bicyclic) bond motifs is 2. The first-order valence-corrected chi connectivity index (χ1v) is 11.7. The summed E-state index contributed by atoms with van der Waals surface area (Å²) >= 11 is 0. The van der Waals surface area contributed by atoms with Gasteiger partial charge in [0.2, 0.25) is 0 Å². The summed E-state index contributed by atoms with van der Waals surface area (Å²) in [6, 6.07) is 5.85. The minimum atomic E-state index is -1.21. The van der Waals surface area contributed by atoms with Gasteiger partial charge < -0.3 is 29.4 Å². The molecule has 5 rings (SSSR count). The fraction of sp³-hybridized carbons (Fsp3) is 0.333. The Bertz CT molecular complexity index is 1510. The normalized spacial score (nSPS) is 16.6. The van der Waals surface area contributed by atoms with Gasteiger partial charge in [-0.15, -0.1) is 0 Å². The van der Waals surface area contributed by atoms with Crippen LogP contribution in [0.5, 0.6) is 5.88 Å². The molecule has 2 aliphatic heterocycles. The van der Waals surface area contributed by atoms with Crippen LogP contribution in [0, 0.1) is 5.82 Å². The molecule has 38 heavy (non-hydrogen) atoms. The highest BCUT2D eigenvalue weighted by molar-refractivity contribution is 5.94. The molecule has 0 radical (unpaired) electrons. The van der Waals surface area contributed by atoms with Crippen molar-refractivity contribution in [3.05, 3.63) is 52.2 Å². The summed E-state index contributed by atoms with van der Waals surface area (Å²) in [4.78, 5) is 58.6. The molecule has 2 aliphatic rings. The first-order valence-electron chi connectivity index (χ1n) is 11.7. The second-order valence-corrected chi connectivity index (χ2v) is 8.84. The standard InChI is InChI=1S/C24H23FN6O7/c1-29-19(33)5-3-13-2-4-16(25)15(20(13)29)7-9-30(23(34)35)8-6-14-11-31(24(36)38-14)17-10-26-22-21(27-17)28-18(32)12-37-22/h2-5,10,14H,6-9,11-12H2,1H3,(H,34,35)(H,27,28,32)/t14-/m0/s1. The van der Waals surface area contributed by atoms with Crippen LogP contribution in [-0.4, -0.2) is 75.0 Å². The van der Waals surface area contributed by atoms with E-state index in [2.05, 4.69) is 15.3 Å². The highest BCUT2D eigenvalue weighted by Gasteiger charge is 2.35. The molecule has 1 aromatic carbocycles. The maximum atomic E-state index is 14.7. The highest BCUT2D eigenvalue weighted by Crippen LogP contribution is 2.28. The minimum absolute atomic E-state index is 0.0200. The Hall–Kier alpha value is -4.75. The number of nitrogens with one attached hydrogen (secondary N) is 1. The number of ether oxygens (including phenoxy) is 2. The molecule has 2 aromatic heterocycles. The number of carbonyl (C=O) groups excluding carboxylic acids is 2. The molecule has 1 saturated heterocycles. The lowest BCUT2D eigenvalue weighted by Crippen LogP contribution is -2.35. The molecule has 2 N–H and O–H groups in total. The van der Waals surface area contributed by atoms with Gasteiger partial charge in [0.1, 0.15) is 11.9 Å². The van der Waals surface area contributed by atoms with Gasteiger partial charge in [-0.25, -0.2) is 23.9 Å². The molecular formula is C24H23FN6O7. The second-order valence-electron chi connectivity index (χ2n) is 8.84. The van der Waals surface area contributed by atoms with Crippen molar-refractivity contribution in [1.82, 2.24) is 19.4 Å². The van der Waals surface area contributed by atoms with Crippen LogP contribution in [0.1, 0.15) is 12.0 Å². The van der Waals surface area contributed by atoms with Crippen LogP contribution in [0.4, 0.5) is 25.6 Å². The van der Waals surface area contributed by atoms with Crippen molar-refractivity contribution in [3.8, 4) is 5.88 Å². The number of aryl methyl sites for hydroxylation is 1. The van der Waals surface area contributed by atoms with Crippen molar-refractivity contribution < 1.29 is 33.4 Å². The second kappa shape index (κ2) is 9.95. The number of carbonyl (C=O) groups is 3. The zero-order valence-electron chi connectivity index (χ0n) is 20.2. The summed E-state index contributed by atoms with van der Waals surface area (Å²) in [5.41, 5.74) is 0.357. The molecular weight excluding hydrogens is 503 g/mol. The fourth-order valence-corrected chi connectivity index (χ4v) is 4.48. The van der Waals surface area contributed by atoms with Crippen LogP contribution in [-0.2, 0) is 23.0 Å². The van der Waals surface area contributed by atoms with Crippen molar-refractivity contribution in [1.29, 1.82) is 0 Å². The molecule has 4 heterocycles. The van der Waals surface area contributed by atoms with Gasteiger partial charge in [0.25, 0.3) is 17.3 Å². The SMILES string of the molecule is Cn1c(=O)ccc2ccc(F)c(CCN(CC[C@H]3CN(c4cnc5c(n4)NC(=O)CO5)C(=O)O3)C(=O)O)c21. The van der Waals surface area contributed by atoms with E-state index in [4.69, 9.17) is 9.47 Å². The smallest absolute Gasteiger partial charge is 0.415 e. The molecule has 0 bridgehead atoms. The van der Waals surface area contributed by atoms with Crippen LogP contribution >= 0.6 is 0 Å². The van der Waals surface area contributed by atoms with Crippen molar-refractivity contribution >= 4 is 40.6 Å². The largest absolute Gasteiger partial charge is 0.465 e. The van der Waals surface area contributed by atoms with E-state index in [0.717, 1.165) is 4.90 Å². The third kappa shape index (κ3) is 4.79. The Balaban J connectivity index is 1.24. The number of benzene rings is 1. The third-order valence-electron chi connectivity index (χ3n) is 6.43. The van der Waals surface area contributed by atoms with E-state index >= 15 is 0 Å². The Morgan fingerprint density at radius 3 is 2.82 bits per heavy atom. The summed E-state index contributed by atoms with van der Waals surface area (Å²) in [6.07, 6.45) is -0.992. The molecule has 13 nitrogen and oxygen atoms in total. The van der Waals surface area contributed by atoms with E-state index in [-0.39, 0.29) is 67.7 Å². The Labute approximate surface area is 214 Å². The Morgan fingerprint density at radius 1 is 1.24 bits per heavy atom. The summed E-state index contributed by atoms with van der Waals surface area (Å²) in [5.74, 6) is -0.556. The molecule has 0 saturated carbocycles. The van der Waals surface area contributed by atoms with Gasteiger partial charge in [0, 0.05) is 38.2 Å². The number of halogens is 1. The average molecular weight is 526 g/mol. The predicted octanol–water partition coefficient (Wildman–Crippen LogP) is 1.74. The van der Waals surface area contributed by atoms with Crippen LogP contribution in [0.3, 0.4) is 0 Å². The molecule has 1 atom stereocenters. The molecule has 14 heteroatoms. The minimum Gasteiger partial charge on any atom is -0.465 e. The van der Waals surface area contributed by atoms with E-state index in [1.807, 2.05) is 0 Å². The van der Waals surface area contributed by atoms with Crippen molar-refractivity contribution in [2.24, 2.45) is 7.05 Å². The van der Waals surface area contributed by atoms with Gasteiger partial charge >= 0.3 is 12.2 Å². The van der Waals surface area contributed by atoms with Crippen LogP contribution in [0.15, 0.2) is 35.3 Å². The summed E-state index contributed by atoms with van der Waals surface area (Å²) in [5, 5.41) is 12.9. The van der Waals surface area contributed by atoms with E-state index in [9.17, 15) is 28.7 Å². The number of pyridine rings is 1. The molecule has 0 aliphatic carbocycles. The van der Waals surface area contributed by atoms with Gasteiger partial charge in [0.15, 0.2) is 18.2 Å². The first kappa shape index (κ1) is 24.9. The highest BCUT2D eigenvalue weighted by atomic mass is 19.1. The number of cyclic esters (lactones) is 1. The molecule has 198 valence electrons. The number of hydrogen-bond acceptors (Lipinski definition) is 8. The topological polar surface area (TPSA) is 156 Å². The van der Waals surface area contributed by atoms with Gasteiger partial charge in [-0.1, -0.05) is 0 Å². The third-order valence-corrected chi connectivity index (χ3v) is 6.43. The molecule has 3 amide bonds. The Morgan fingerprint density at radius 2 is 2.03 bits per heavy atom. The predicted molar refractivity (Wildman–Crippen MR) is 131 cm³/mol. The summed E-state index contributed by atoms with van der Waals surface area (Å²) in [7, 11) is 1.54. The van der Waals surface area contributed by atoms with Gasteiger partial charge in [-0.05, 0) is 30.0 Å². The van der Waals surface area contributed by atoms with Crippen molar-refractivity contribution in [2.45, 2.75) is 18.9 Å². The average Bonchev–Trinajstić information content (AvgIpc) is 3.26. The lowest BCUT2D eigenvalue weighted by molar-refractivity contribution is -0.118. The fourth-order valence-electron chi connectivity index (χ4n) is 4.48. The number of carboxylic acid groups (broad SMARTS) is 1. The lowest BCUT2D eigenvalue weighted by Gasteiger charge is -2.21. The van der Waals surface area contributed by atoms with Crippen molar-refractivity contribution in [2.75, 3.05) is 36.5 Å². The first-order chi connectivity index (χ1) is 18.2. The van der Waals surface area contributed by atoms with Crippen molar-refractivity contribution in [3.63, 3.8) is 0 Å². The maximum Gasteiger partial charge on any atom is 0.415 e.